The van der Waals surface area contributed by atoms with E-state index in [0.29, 0.717) is 18.1 Å². The number of hydrogen-bond donors (Lipinski definition) is 2. The van der Waals surface area contributed by atoms with E-state index in [2.05, 4.69) is 20.6 Å². The number of hydrogen-bond acceptors (Lipinski definition) is 6. The Hall–Kier alpha value is -2.48. The summed E-state index contributed by atoms with van der Waals surface area (Å²) in [6.45, 7) is 5.79. The fourth-order valence-electron chi connectivity index (χ4n) is 2.98. The number of aryl methyl sites for hydroxylation is 3. The number of sulfone groups is 1. The van der Waals surface area contributed by atoms with Crippen LogP contribution in [0.5, 0.6) is 0 Å². The number of amides is 1. The summed E-state index contributed by atoms with van der Waals surface area (Å²) in [5, 5.41) is 5.90. The largest absolute Gasteiger partial charge is 0.347 e. The van der Waals surface area contributed by atoms with Gasteiger partial charge in [-0.3, -0.25) is 4.79 Å². The van der Waals surface area contributed by atoms with Crippen molar-refractivity contribution in [1.29, 1.82) is 0 Å². The third-order valence-electron chi connectivity index (χ3n) is 4.28. The molecule has 26 heavy (non-hydrogen) atoms. The Morgan fingerprint density at radius 2 is 1.92 bits per heavy atom. The topological polar surface area (TPSA) is 101 Å². The van der Waals surface area contributed by atoms with E-state index in [1.54, 1.807) is 13.0 Å². The average molecular weight is 374 g/mol. The van der Waals surface area contributed by atoms with Crippen LogP contribution in [0.25, 0.3) is 0 Å². The maximum absolute atomic E-state index is 12.5. The highest BCUT2D eigenvalue weighted by atomic mass is 32.2. The molecule has 1 aliphatic heterocycles. The molecule has 1 atom stereocenters. The minimum atomic E-state index is -3.05. The maximum atomic E-state index is 12.5. The summed E-state index contributed by atoms with van der Waals surface area (Å²) in [5.41, 5.74) is 3.95. The first-order valence-electron chi connectivity index (χ1n) is 8.43. The third kappa shape index (κ3) is 4.37. The van der Waals surface area contributed by atoms with E-state index in [-0.39, 0.29) is 29.1 Å². The van der Waals surface area contributed by atoms with Crippen molar-refractivity contribution in [3.05, 3.63) is 46.8 Å². The number of aromatic nitrogens is 2. The van der Waals surface area contributed by atoms with E-state index in [1.165, 1.54) is 0 Å². The summed E-state index contributed by atoms with van der Waals surface area (Å²) in [6.07, 6.45) is 0.436. The van der Waals surface area contributed by atoms with Gasteiger partial charge in [-0.2, -0.15) is 0 Å². The van der Waals surface area contributed by atoms with Crippen LogP contribution in [0.3, 0.4) is 0 Å². The van der Waals surface area contributed by atoms with E-state index in [0.717, 1.165) is 16.8 Å². The van der Waals surface area contributed by atoms with Gasteiger partial charge in [-0.15, -0.1) is 0 Å². The first-order valence-corrected chi connectivity index (χ1v) is 10.3. The molecule has 0 aliphatic carbocycles. The van der Waals surface area contributed by atoms with Gasteiger partial charge in [-0.1, -0.05) is 17.7 Å². The van der Waals surface area contributed by atoms with Crippen LogP contribution in [0.15, 0.2) is 24.3 Å². The molecule has 2 heterocycles. The molecule has 2 aromatic rings. The smallest absolute Gasteiger partial charge is 0.270 e. The molecule has 8 heteroatoms. The lowest BCUT2D eigenvalue weighted by Gasteiger charge is -2.13. The SMILES string of the molecule is Cc1ccc(Nc2nc(C)cc(C(=O)NC3CCS(=O)(=O)C3)n2)c(C)c1. The molecule has 1 amide bonds. The fourth-order valence-corrected chi connectivity index (χ4v) is 4.66. The van der Waals surface area contributed by atoms with Gasteiger partial charge in [-0.05, 0) is 44.9 Å². The summed E-state index contributed by atoms with van der Waals surface area (Å²) in [5.74, 6) is 0.0407. The summed E-state index contributed by atoms with van der Waals surface area (Å²) < 4.78 is 23.1. The normalized spacial score (nSPS) is 18.5. The Bertz CT molecular complexity index is 957. The molecule has 1 saturated heterocycles. The van der Waals surface area contributed by atoms with Gasteiger partial charge in [-0.25, -0.2) is 18.4 Å². The highest BCUT2D eigenvalue weighted by Gasteiger charge is 2.29. The van der Waals surface area contributed by atoms with Crippen LogP contribution in [0.1, 0.15) is 33.7 Å². The first-order chi connectivity index (χ1) is 12.2. The molecule has 1 aromatic heterocycles. The predicted molar refractivity (Wildman–Crippen MR) is 100 cm³/mol. The highest BCUT2D eigenvalue weighted by Crippen LogP contribution is 2.20. The van der Waals surface area contributed by atoms with Crippen LogP contribution in [-0.2, 0) is 9.84 Å². The quantitative estimate of drug-likeness (QED) is 0.849. The van der Waals surface area contributed by atoms with Gasteiger partial charge in [0.25, 0.3) is 5.91 Å². The van der Waals surface area contributed by atoms with Gasteiger partial charge in [0.2, 0.25) is 5.95 Å². The van der Waals surface area contributed by atoms with Gasteiger partial charge in [0, 0.05) is 17.4 Å². The molecule has 0 saturated carbocycles. The van der Waals surface area contributed by atoms with Gasteiger partial charge >= 0.3 is 0 Å². The van der Waals surface area contributed by atoms with Crippen molar-refractivity contribution in [3.63, 3.8) is 0 Å². The van der Waals surface area contributed by atoms with Crippen molar-refractivity contribution in [3.8, 4) is 0 Å². The first kappa shape index (κ1) is 18.3. The summed E-state index contributed by atoms with van der Waals surface area (Å²) >= 11 is 0. The van der Waals surface area contributed by atoms with E-state index in [9.17, 15) is 13.2 Å². The Morgan fingerprint density at radius 3 is 2.58 bits per heavy atom. The molecular weight excluding hydrogens is 352 g/mol. The minimum Gasteiger partial charge on any atom is -0.347 e. The lowest BCUT2D eigenvalue weighted by Crippen LogP contribution is -2.36. The second kappa shape index (κ2) is 7.03. The van der Waals surface area contributed by atoms with Crippen LogP contribution in [0, 0.1) is 20.8 Å². The Balaban J connectivity index is 1.78. The zero-order valence-electron chi connectivity index (χ0n) is 15.0. The number of carbonyl (C=O) groups excluding carboxylic acids is 1. The Labute approximate surface area is 153 Å². The van der Waals surface area contributed by atoms with Crippen molar-refractivity contribution >= 4 is 27.4 Å². The van der Waals surface area contributed by atoms with Crippen molar-refractivity contribution in [1.82, 2.24) is 15.3 Å². The molecule has 138 valence electrons. The van der Waals surface area contributed by atoms with E-state index < -0.39 is 9.84 Å². The van der Waals surface area contributed by atoms with Crippen LogP contribution < -0.4 is 10.6 Å². The molecule has 1 aromatic carbocycles. The molecule has 1 fully saturated rings. The summed E-state index contributed by atoms with van der Waals surface area (Å²) in [7, 11) is -3.05. The van der Waals surface area contributed by atoms with Crippen LogP contribution in [-0.4, -0.2) is 41.8 Å². The predicted octanol–water partition coefficient (Wildman–Crippen LogP) is 2.06. The zero-order valence-corrected chi connectivity index (χ0v) is 15.9. The molecule has 3 rings (SSSR count). The molecule has 1 unspecified atom stereocenters. The van der Waals surface area contributed by atoms with Crippen molar-refractivity contribution in [2.75, 3.05) is 16.8 Å². The van der Waals surface area contributed by atoms with E-state index in [1.807, 2.05) is 32.0 Å². The molecule has 0 bridgehead atoms. The maximum Gasteiger partial charge on any atom is 0.270 e. The average Bonchev–Trinajstić information content (AvgIpc) is 2.88. The number of nitrogens with one attached hydrogen (secondary N) is 2. The molecule has 0 radical (unpaired) electrons. The number of benzene rings is 1. The van der Waals surface area contributed by atoms with E-state index in [4.69, 9.17) is 0 Å². The van der Waals surface area contributed by atoms with Crippen molar-refractivity contribution in [2.24, 2.45) is 0 Å². The summed E-state index contributed by atoms with van der Waals surface area (Å²) in [4.78, 5) is 21.1. The zero-order chi connectivity index (χ0) is 18.9. The van der Waals surface area contributed by atoms with Crippen molar-refractivity contribution in [2.45, 2.75) is 33.2 Å². The molecule has 0 spiro atoms. The highest BCUT2D eigenvalue weighted by molar-refractivity contribution is 7.91. The van der Waals surface area contributed by atoms with Gasteiger partial charge in [0.1, 0.15) is 5.69 Å². The Morgan fingerprint density at radius 1 is 1.15 bits per heavy atom. The lowest BCUT2D eigenvalue weighted by molar-refractivity contribution is 0.0936. The minimum absolute atomic E-state index is 0.0174. The molecular formula is C18H22N4O3S. The number of nitrogens with zero attached hydrogens (tertiary/aromatic N) is 2. The standard InChI is InChI=1S/C18H22N4O3S/c1-11-4-5-15(12(2)8-11)21-18-19-13(3)9-16(22-18)17(23)20-14-6-7-26(24,25)10-14/h4-5,8-9,14H,6-7,10H2,1-3H3,(H,20,23)(H,19,21,22). The number of carbonyl (C=O) groups is 1. The number of rotatable bonds is 4. The second-order valence-electron chi connectivity index (χ2n) is 6.73. The third-order valence-corrected chi connectivity index (χ3v) is 6.05. The number of anilines is 2. The monoisotopic (exact) mass is 374 g/mol. The van der Waals surface area contributed by atoms with Crippen LogP contribution >= 0.6 is 0 Å². The second-order valence-corrected chi connectivity index (χ2v) is 8.96. The molecule has 7 nitrogen and oxygen atoms in total. The fraction of sp³-hybridized carbons (Fsp3) is 0.389. The van der Waals surface area contributed by atoms with Gasteiger partial charge in [0.15, 0.2) is 9.84 Å². The van der Waals surface area contributed by atoms with Crippen LogP contribution in [0.2, 0.25) is 0 Å². The van der Waals surface area contributed by atoms with Gasteiger partial charge < -0.3 is 10.6 Å². The molecule has 2 N–H and O–H groups in total. The van der Waals surface area contributed by atoms with Crippen molar-refractivity contribution < 1.29 is 13.2 Å². The molecule has 1 aliphatic rings. The van der Waals surface area contributed by atoms with E-state index >= 15 is 0 Å². The lowest BCUT2D eigenvalue weighted by atomic mass is 10.1. The van der Waals surface area contributed by atoms with Gasteiger partial charge in [0.05, 0.1) is 11.5 Å². The summed E-state index contributed by atoms with van der Waals surface area (Å²) in [6, 6.07) is 7.20. The van der Waals surface area contributed by atoms with Crippen LogP contribution in [0.4, 0.5) is 11.6 Å². The Kier molecular flexibility index (Phi) is 4.95.